The maximum Gasteiger partial charge on any atom is 0.227 e. The highest BCUT2D eigenvalue weighted by Crippen LogP contribution is 2.33. The highest BCUT2D eigenvalue weighted by Gasteiger charge is 2.35. The largest absolute Gasteiger partial charge is 0.494 e. The van der Waals surface area contributed by atoms with Crippen LogP contribution in [0.1, 0.15) is 50.9 Å². The summed E-state index contributed by atoms with van der Waals surface area (Å²) in [5.41, 5.74) is 3.96. The summed E-state index contributed by atoms with van der Waals surface area (Å²) >= 11 is 0. The van der Waals surface area contributed by atoms with Crippen molar-refractivity contribution in [2.75, 3.05) is 18.1 Å². The molecule has 1 unspecified atom stereocenters. The van der Waals surface area contributed by atoms with Gasteiger partial charge in [0.2, 0.25) is 5.91 Å². The Balaban J connectivity index is 1.30. The number of para-hydroxylation sites is 2. The molecule has 0 spiro atoms. The van der Waals surface area contributed by atoms with Crippen molar-refractivity contribution in [3.05, 3.63) is 90.0 Å². The lowest BCUT2D eigenvalue weighted by atomic mass is 9.87. The average molecular weight is 486 g/mol. The first-order valence-corrected chi connectivity index (χ1v) is 12.5. The first-order valence-electron chi connectivity index (χ1n) is 12.5. The van der Waals surface area contributed by atoms with E-state index in [4.69, 9.17) is 9.72 Å². The summed E-state index contributed by atoms with van der Waals surface area (Å²) in [6.07, 6.45) is 1.17. The van der Waals surface area contributed by atoms with E-state index >= 15 is 0 Å². The summed E-state index contributed by atoms with van der Waals surface area (Å²) in [4.78, 5) is 19.4. The lowest BCUT2D eigenvalue weighted by Crippen LogP contribution is -2.24. The van der Waals surface area contributed by atoms with E-state index in [1.165, 1.54) is 17.7 Å². The number of aryl methyl sites for hydroxylation is 1. The second-order valence-corrected chi connectivity index (χ2v) is 10.5. The predicted octanol–water partition coefficient (Wildman–Crippen LogP) is 6.46. The molecule has 1 atom stereocenters. The van der Waals surface area contributed by atoms with E-state index < -0.39 is 0 Å². The number of anilines is 1. The van der Waals surface area contributed by atoms with Gasteiger partial charge in [0.25, 0.3) is 0 Å². The molecular weight excluding hydrogens is 453 g/mol. The fourth-order valence-corrected chi connectivity index (χ4v) is 4.88. The lowest BCUT2D eigenvalue weighted by molar-refractivity contribution is -0.117. The van der Waals surface area contributed by atoms with E-state index in [1.54, 1.807) is 17.0 Å². The number of halogens is 1. The molecule has 0 bridgehead atoms. The molecule has 1 aromatic heterocycles. The summed E-state index contributed by atoms with van der Waals surface area (Å²) < 4.78 is 22.0. The second kappa shape index (κ2) is 9.76. The molecule has 1 saturated heterocycles. The average Bonchev–Trinajstić information content (AvgIpc) is 3.42. The van der Waals surface area contributed by atoms with Gasteiger partial charge >= 0.3 is 0 Å². The van der Waals surface area contributed by atoms with Crippen molar-refractivity contribution in [3.8, 4) is 5.75 Å². The van der Waals surface area contributed by atoms with Crippen LogP contribution in [0.25, 0.3) is 11.0 Å². The normalized spacial score (nSPS) is 16.2. The summed E-state index contributed by atoms with van der Waals surface area (Å²) in [6.45, 7) is 8.41. The molecule has 1 aliphatic heterocycles. The third-order valence-corrected chi connectivity index (χ3v) is 6.81. The van der Waals surface area contributed by atoms with Crippen molar-refractivity contribution >= 4 is 22.6 Å². The first-order chi connectivity index (χ1) is 17.3. The zero-order chi connectivity index (χ0) is 25.3. The van der Waals surface area contributed by atoms with Crippen LogP contribution in [0, 0.1) is 5.82 Å². The molecule has 0 aliphatic carbocycles. The van der Waals surface area contributed by atoms with Crippen molar-refractivity contribution in [2.24, 2.45) is 0 Å². The van der Waals surface area contributed by atoms with Gasteiger partial charge in [-0.1, -0.05) is 51.1 Å². The minimum atomic E-state index is -0.343. The molecule has 1 amide bonds. The van der Waals surface area contributed by atoms with E-state index in [-0.39, 0.29) is 23.1 Å². The minimum Gasteiger partial charge on any atom is -0.494 e. The molecule has 2 heterocycles. The number of fused-ring (bicyclic) bond motifs is 1. The number of nitrogens with zero attached hydrogens (tertiary/aromatic N) is 3. The third-order valence-electron chi connectivity index (χ3n) is 6.81. The summed E-state index contributed by atoms with van der Waals surface area (Å²) in [6, 6.07) is 22.6. The van der Waals surface area contributed by atoms with Gasteiger partial charge in [0.05, 0.1) is 17.6 Å². The number of amides is 1. The maximum absolute atomic E-state index is 13.8. The second-order valence-electron chi connectivity index (χ2n) is 10.5. The molecule has 5 nitrogen and oxygen atoms in total. The van der Waals surface area contributed by atoms with Crippen molar-refractivity contribution in [1.29, 1.82) is 0 Å². The zero-order valence-electron chi connectivity index (χ0n) is 21.1. The molecule has 1 fully saturated rings. The van der Waals surface area contributed by atoms with Crippen LogP contribution in [0.3, 0.4) is 0 Å². The molecule has 0 saturated carbocycles. The van der Waals surface area contributed by atoms with Gasteiger partial charge in [0.15, 0.2) is 0 Å². The molecule has 186 valence electrons. The van der Waals surface area contributed by atoms with E-state index in [9.17, 15) is 9.18 Å². The zero-order valence-corrected chi connectivity index (χ0v) is 21.1. The number of hydrogen-bond donors (Lipinski definition) is 0. The lowest BCUT2D eigenvalue weighted by Gasteiger charge is -2.19. The smallest absolute Gasteiger partial charge is 0.227 e. The molecule has 1 aliphatic rings. The fourth-order valence-electron chi connectivity index (χ4n) is 4.88. The molecule has 36 heavy (non-hydrogen) atoms. The highest BCUT2D eigenvalue weighted by atomic mass is 19.1. The Morgan fingerprint density at radius 2 is 1.81 bits per heavy atom. The fraction of sp³-hybridized carbons (Fsp3) is 0.333. The van der Waals surface area contributed by atoms with Crippen LogP contribution in [-0.4, -0.2) is 28.6 Å². The van der Waals surface area contributed by atoms with Crippen LogP contribution in [0.2, 0.25) is 0 Å². The van der Waals surface area contributed by atoms with E-state index in [2.05, 4.69) is 43.5 Å². The first kappa shape index (κ1) is 24.0. The Morgan fingerprint density at radius 3 is 2.56 bits per heavy atom. The van der Waals surface area contributed by atoms with Gasteiger partial charge in [0, 0.05) is 31.1 Å². The number of rotatable bonds is 7. The van der Waals surface area contributed by atoms with Gasteiger partial charge in [-0.25, -0.2) is 9.37 Å². The van der Waals surface area contributed by atoms with Gasteiger partial charge < -0.3 is 14.2 Å². The molecule has 3 aromatic carbocycles. The Labute approximate surface area is 211 Å². The van der Waals surface area contributed by atoms with Crippen molar-refractivity contribution < 1.29 is 13.9 Å². The topological polar surface area (TPSA) is 47.4 Å². The minimum absolute atomic E-state index is 0.00811. The van der Waals surface area contributed by atoms with Crippen LogP contribution >= 0.6 is 0 Å². The van der Waals surface area contributed by atoms with Gasteiger partial charge in [-0.05, 0) is 59.9 Å². The number of imidazole rings is 1. The monoisotopic (exact) mass is 485 g/mol. The molecule has 6 heteroatoms. The third kappa shape index (κ3) is 4.99. The Morgan fingerprint density at radius 1 is 1.03 bits per heavy atom. The van der Waals surface area contributed by atoms with Crippen LogP contribution in [0.5, 0.6) is 5.75 Å². The van der Waals surface area contributed by atoms with Crippen molar-refractivity contribution in [2.45, 2.75) is 51.5 Å². The highest BCUT2D eigenvalue weighted by molar-refractivity contribution is 5.96. The van der Waals surface area contributed by atoms with Crippen molar-refractivity contribution in [1.82, 2.24) is 9.55 Å². The summed E-state index contributed by atoms with van der Waals surface area (Å²) in [7, 11) is 0. The van der Waals surface area contributed by atoms with Gasteiger partial charge in [-0.3, -0.25) is 4.79 Å². The number of benzene rings is 3. The Kier molecular flexibility index (Phi) is 6.52. The molecular formula is C30H32FN3O2. The van der Waals surface area contributed by atoms with Crippen LogP contribution in [0.15, 0.2) is 72.8 Å². The number of ether oxygens (including phenoxy) is 1. The van der Waals surface area contributed by atoms with Crippen molar-refractivity contribution in [3.63, 3.8) is 0 Å². The number of carbonyl (C=O) groups excluding carboxylic acids is 1. The van der Waals surface area contributed by atoms with Gasteiger partial charge in [-0.2, -0.15) is 0 Å². The quantitative estimate of drug-likeness (QED) is 0.282. The Hall–Kier alpha value is -3.67. The van der Waals surface area contributed by atoms with Crippen LogP contribution in [0.4, 0.5) is 10.1 Å². The van der Waals surface area contributed by atoms with E-state index in [0.717, 1.165) is 35.6 Å². The molecule has 4 aromatic rings. The van der Waals surface area contributed by atoms with E-state index in [1.807, 2.05) is 30.3 Å². The Bertz CT molecular complexity index is 1370. The standard InChI is InChI=1S/C30H32FN3O2/c1-30(2,3)22-12-14-25(15-13-22)36-17-7-16-33-27-11-5-4-10-26(27)32-29(33)21-18-28(35)34(20-21)24-9-6-8-23(31)19-24/h4-6,8-15,19,21H,7,16-18,20H2,1-3H3. The summed E-state index contributed by atoms with van der Waals surface area (Å²) in [5.74, 6) is 1.36. The molecule has 0 radical (unpaired) electrons. The maximum atomic E-state index is 13.8. The number of aromatic nitrogens is 2. The van der Waals surface area contributed by atoms with Crippen LogP contribution in [-0.2, 0) is 16.8 Å². The SMILES string of the molecule is CC(C)(C)c1ccc(OCCCn2c(C3CC(=O)N(c4cccc(F)c4)C3)nc3ccccc32)cc1. The predicted molar refractivity (Wildman–Crippen MR) is 141 cm³/mol. The van der Waals surface area contributed by atoms with E-state index in [0.29, 0.717) is 25.3 Å². The number of hydrogen-bond acceptors (Lipinski definition) is 3. The van der Waals surface area contributed by atoms with Gasteiger partial charge in [-0.15, -0.1) is 0 Å². The molecule has 5 rings (SSSR count). The number of carbonyl (C=O) groups is 1. The summed E-state index contributed by atoms with van der Waals surface area (Å²) in [5, 5.41) is 0. The molecule has 0 N–H and O–H groups in total. The van der Waals surface area contributed by atoms with Crippen LogP contribution < -0.4 is 9.64 Å². The van der Waals surface area contributed by atoms with Gasteiger partial charge in [0.1, 0.15) is 17.4 Å².